The standard InChI is InChI=1S/C20H28F2N2O3/c1-3-5-10-23-19(26)24-11-6-9-20(14-24,18(25)27-4-2)13-15-7-8-16(21)12-17(15)22/h7-8,12H,3-6,9-11,13-14H2,1-2H3,(H,23,26)/t20-/m0/s1. The third kappa shape index (κ3) is 5.40. The van der Waals surface area contributed by atoms with Crippen molar-refractivity contribution in [1.82, 2.24) is 10.2 Å². The van der Waals surface area contributed by atoms with Crippen molar-refractivity contribution in [2.75, 3.05) is 26.2 Å². The van der Waals surface area contributed by atoms with E-state index in [1.165, 1.54) is 12.1 Å². The van der Waals surface area contributed by atoms with E-state index in [-0.39, 0.29) is 31.2 Å². The molecule has 1 atom stereocenters. The molecule has 1 saturated heterocycles. The summed E-state index contributed by atoms with van der Waals surface area (Å²) >= 11 is 0. The van der Waals surface area contributed by atoms with Gasteiger partial charge in [-0.15, -0.1) is 0 Å². The lowest BCUT2D eigenvalue weighted by Crippen LogP contribution is -2.54. The summed E-state index contributed by atoms with van der Waals surface area (Å²) in [6.07, 6.45) is 3.02. The molecule has 0 aromatic heterocycles. The van der Waals surface area contributed by atoms with Crippen molar-refractivity contribution in [1.29, 1.82) is 0 Å². The van der Waals surface area contributed by atoms with Crippen molar-refractivity contribution in [3.8, 4) is 0 Å². The van der Waals surface area contributed by atoms with Crippen LogP contribution < -0.4 is 5.32 Å². The number of halogens is 2. The van der Waals surface area contributed by atoms with Gasteiger partial charge in [0.1, 0.15) is 11.6 Å². The number of likely N-dealkylation sites (tertiary alicyclic amines) is 1. The van der Waals surface area contributed by atoms with Crippen LogP contribution in [0.25, 0.3) is 0 Å². The van der Waals surface area contributed by atoms with Gasteiger partial charge >= 0.3 is 12.0 Å². The Labute approximate surface area is 159 Å². The quantitative estimate of drug-likeness (QED) is 0.578. The Morgan fingerprint density at radius 3 is 2.74 bits per heavy atom. The summed E-state index contributed by atoms with van der Waals surface area (Å²) in [5.41, 5.74) is -0.785. The highest BCUT2D eigenvalue weighted by molar-refractivity contribution is 5.80. The van der Waals surface area contributed by atoms with Crippen LogP contribution in [0.1, 0.15) is 45.1 Å². The molecule has 0 bridgehead atoms. The number of piperidine rings is 1. The van der Waals surface area contributed by atoms with E-state index in [2.05, 4.69) is 5.32 Å². The monoisotopic (exact) mass is 382 g/mol. The molecule has 1 aliphatic rings. The summed E-state index contributed by atoms with van der Waals surface area (Å²) in [5.74, 6) is -1.80. The van der Waals surface area contributed by atoms with Crippen LogP contribution in [0, 0.1) is 17.0 Å². The predicted octanol–water partition coefficient (Wildman–Crippen LogP) is 3.66. The summed E-state index contributed by atoms with van der Waals surface area (Å²) in [4.78, 5) is 26.8. The minimum atomic E-state index is -1.03. The molecule has 1 heterocycles. The molecule has 1 N–H and O–H groups in total. The van der Waals surface area contributed by atoms with E-state index in [4.69, 9.17) is 4.74 Å². The molecule has 0 saturated carbocycles. The van der Waals surface area contributed by atoms with Gasteiger partial charge in [0.2, 0.25) is 0 Å². The first-order valence-electron chi connectivity index (χ1n) is 9.56. The van der Waals surface area contributed by atoms with Gasteiger partial charge in [-0.2, -0.15) is 0 Å². The van der Waals surface area contributed by atoms with Crippen LogP contribution in [0.2, 0.25) is 0 Å². The van der Waals surface area contributed by atoms with Gasteiger partial charge in [-0.05, 0) is 44.2 Å². The second-order valence-electron chi connectivity index (χ2n) is 7.02. The van der Waals surface area contributed by atoms with Crippen LogP contribution in [0.5, 0.6) is 0 Å². The first-order valence-corrected chi connectivity index (χ1v) is 9.56. The number of benzene rings is 1. The van der Waals surface area contributed by atoms with Crippen LogP contribution in [0.15, 0.2) is 18.2 Å². The summed E-state index contributed by atoms with van der Waals surface area (Å²) in [6.45, 7) is 5.21. The van der Waals surface area contributed by atoms with E-state index in [0.29, 0.717) is 25.9 Å². The maximum atomic E-state index is 14.2. The second kappa shape index (κ2) is 9.67. The van der Waals surface area contributed by atoms with Crippen molar-refractivity contribution >= 4 is 12.0 Å². The lowest BCUT2D eigenvalue weighted by atomic mass is 9.75. The molecule has 150 valence electrons. The van der Waals surface area contributed by atoms with Gasteiger partial charge in [-0.1, -0.05) is 19.4 Å². The molecule has 2 amide bonds. The largest absolute Gasteiger partial charge is 0.466 e. The molecule has 1 aromatic carbocycles. The molecule has 0 unspecified atom stereocenters. The number of ether oxygens (including phenoxy) is 1. The zero-order valence-electron chi connectivity index (χ0n) is 16.0. The number of urea groups is 1. The Morgan fingerprint density at radius 2 is 2.07 bits per heavy atom. The molecular formula is C20H28F2N2O3. The predicted molar refractivity (Wildman–Crippen MR) is 98.2 cm³/mol. The Morgan fingerprint density at radius 1 is 1.30 bits per heavy atom. The molecule has 0 aliphatic carbocycles. The van der Waals surface area contributed by atoms with Gasteiger partial charge in [0.05, 0.1) is 12.0 Å². The van der Waals surface area contributed by atoms with Crippen LogP contribution in [-0.2, 0) is 16.0 Å². The zero-order chi connectivity index (χ0) is 19.9. The number of carbonyl (C=O) groups is 2. The maximum absolute atomic E-state index is 14.2. The lowest BCUT2D eigenvalue weighted by molar-refractivity contribution is -0.158. The first-order chi connectivity index (χ1) is 12.9. The average Bonchev–Trinajstić information content (AvgIpc) is 2.64. The number of nitrogens with zero attached hydrogens (tertiary/aromatic N) is 1. The fourth-order valence-corrected chi connectivity index (χ4v) is 3.49. The van der Waals surface area contributed by atoms with Crippen molar-refractivity contribution in [2.45, 2.75) is 46.0 Å². The van der Waals surface area contributed by atoms with E-state index in [0.717, 1.165) is 18.9 Å². The Hall–Kier alpha value is -2.18. The third-order valence-electron chi connectivity index (χ3n) is 4.92. The number of amides is 2. The fourth-order valence-electron chi connectivity index (χ4n) is 3.49. The molecular weight excluding hydrogens is 354 g/mol. The minimum Gasteiger partial charge on any atom is -0.466 e. The van der Waals surface area contributed by atoms with Gasteiger partial charge in [-0.25, -0.2) is 13.6 Å². The van der Waals surface area contributed by atoms with Crippen LogP contribution in [0.4, 0.5) is 13.6 Å². The molecule has 7 heteroatoms. The van der Waals surface area contributed by atoms with Crippen molar-refractivity contribution in [2.24, 2.45) is 5.41 Å². The number of nitrogens with one attached hydrogen (secondary N) is 1. The van der Waals surface area contributed by atoms with Crippen molar-refractivity contribution in [3.05, 3.63) is 35.4 Å². The normalized spacial score (nSPS) is 19.6. The molecule has 27 heavy (non-hydrogen) atoms. The number of hydrogen-bond donors (Lipinski definition) is 1. The van der Waals surface area contributed by atoms with E-state index in [1.807, 2.05) is 6.92 Å². The van der Waals surface area contributed by atoms with Crippen LogP contribution >= 0.6 is 0 Å². The second-order valence-corrected chi connectivity index (χ2v) is 7.02. The van der Waals surface area contributed by atoms with Crippen molar-refractivity contribution in [3.63, 3.8) is 0 Å². The van der Waals surface area contributed by atoms with E-state index in [9.17, 15) is 18.4 Å². The minimum absolute atomic E-state index is 0.0662. The van der Waals surface area contributed by atoms with Gasteiger partial charge in [0, 0.05) is 25.7 Å². The number of rotatable bonds is 7. The molecule has 2 rings (SSSR count). The van der Waals surface area contributed by atoms with Gasteiger partial charge in [0.15, 0.2) is 0 Å². The van der Waals surface area contributed by atoms with E-state index in [1.54, 1.807) is 11.8 Å². The van der Waals surface area contributed by atoms with Crippen molar-refractivity contribution < 1.29 is 23.1 Å². The number of unbranched alkanes of at least 4 members (excludes halogenated alkanes) is 1. The molecule has 1 fully saturated rings. The van der Waals surface area contributed by atoms with E-state index >= 15 is 0 Å². The fraction of sp³-hybridized carbons (Fsp3) is 0.600. The Bertz CT molecular complexity index is 669. The molecule has 0 radical (unpaired) electrons. The van der Waals surface area contributed by atoms with Gasteiger partial charge < -0.3 is 15.0 Å². The van der Waals surface area contributed by atoms with Crippen LogP contribution in [0.3, 0.4) is 0 Å². The van der Waals surface area contributed by atoms with Gasteiger partial charge in [-0.3, -0.25) is 4.79 Å². The lowest BCUT2D eigenvalue weighted by Gasteiger charge is -2.41. The van der Waals surface area contributed by atoms with Gasteiger partial charge in [0.25, 0.3) is 0 Å². The SMILES string of the molecule is CCCCNC(=O)N1CCC[C@@](Cc2ccc(F)cc2F)(C(=O)OCC)C1. The summed E-state index contributed by atoms with van der Waals surface area (Å²) in [7, 11) is 0. The average molecular weight is 382 g/mol. The first kappa shape index (κ1) is 21.1. The number of hydrogen-bond acceptors (Lipinski definition) is 3. The molecule has 1 aliphatic heterocycles. The number of carbonyl (C=O) groups excluding carboxylic acids is 2. The number of esters is 1. The summed E-state index contributed by atoms with van der Waals surface area (Å²) in [5, 5.41) is 2.86. The van der Waals surface area contributed by atoms with Crippen LogP contribution in [-0.4, -0.2) is 43.1 Å². The smallest absolute Gasteiger partial charge is 0.317 e. The Kier molecular flexibility index (Phi) is 7.56. The molecule has 5 nitrogen and oxygen atoms in total. The highest BCUT2D eigenvalue weighted by Gasteiger charge is 2.45. The topological polar surface area (TPSA) is 58.6 Å². The highest BCUT2D eigenvalue weighted by atomic mass is 19.1. The maximum Gasteiger partial charge on any atom is 0.317 e. The Balaban J connectivity index is 2.22. The highest BCUT2D eigenvalue weighted by Crippen LogP contribution is 2.36. The third-order valence-corrected chi connectivity index (χ3v) is 4.92. The molecule has 0 spiro atoms. The molecule has 1 aromatic rings. The summed E-state index contributed by atoms with van der Waals surface area (Å²) < 4.78 is 32.7. The van der Waals surface area contributed by atoms with E-state index < -0.39 is 23.0 Å². The summed E-state index contributed by atoms with van der Waals surface area (Å²) in [6, 6.07) is 3.12. The zero-order valence-corrected chi connectivity index (χ0v) is 16.0.